The fourth-order valence-corrected chi connectivity index (χ4v) is 3.12. The van der Waals surface area contributed by atoms with Crippen LogP contribution in [0.1, 0.15) is 20.7 Å². The van der Waals surface area contributed by atoms with Gasteiger partial charge in [0.05, 0.1) is 23.9 Å². The van der Waals surface area contributed by atoms with Gasteiger partial charge in [-0.1, -0.05) is 6.07 Å². The van der Waals surface area contributed by atoms with Crippen molar-refractivity contribution >= 4 is 34.2 Å². The molecule has 0 fully saturated rings. The first kappa shape index (κ1) is 20.9. The van der Waals surface area contributed by atoms with Gasteiger partial charge in [-0.2, -0.15) is 0 Å². The van der Waals surface area contributed by atoms with E-state index in [1.807, 2.05) is 0 Å². The maximum absolute atomic E-state index is 14.0. The molecule has 160 valence electrons. The zero-order chi connectivity index (χ0) is 22.7. The molecule has 32 heavy (non-hydrogen) atoms. The fraction of sp³-hybridized carbons (Fsp3) is 0.0435. The largest absolute Gasteiger partial charge is 0.495 e. The number of amides is 2. The summed E-state index contributed by atoms with van der Waals surface area (Å²) in [6.07, 6.45) is 2.81. The average molecular weight is 434 g/mol. The van der Waals surface area contributed by atoms with E-state index in [0.717, 1.165) is 12.1 Å². The minimum Gasteiger partial charge on any atom is -0.495 e. The maximum Gasteiger partial charge on any atom is 0.258 e. The average Bonchev–Trinajstić information content (AvgIpc) is 2.78. The van der Waals surface area contributed by atoms with Gasteiger partial charge in [0, 0.05) is 29.7 Å². The second kappa shape index (κ2) is 8.76. The van der Waals surface area contributed by atoms with Crippen LogP contribution < -0.4 is 15.4 Å². The SMILES string of the molecule is COc1ccc(NC(=O)c2cc(F)cc3nccnc23)cc1NC(=O)c1cccc(F)c1. The van der Waals surface area contributed by atoms with Crippen LogP contribution >= 0.6 is 0 Å². The van der Waals surface area contributed by atoms with Crippen molar-refractivity contribution in [1.29, 1.82) is 0 Å². The van der Waals surface area contributed by atoms with Crippen molar-refractivity contribution in [2.24, 2.45) is 0 Å². The summed E-state index contributed by atoms with van der Waals surface area (Å²) in [4.78, 5) is 33.5. The molecule has 2 amide bonds. The van der Waals surface area contributed by atoms with Gasteiger partial charge >= 0.3 is 0 Å². The number of hydrogen-bond donors (Lipinski definition) is 2. The fourth-order valence-electron chi connectivity index (χ4n) is 3.12. The number of benzene rings is 3. The highest BCUT2D eigenvalue weighted by Crippen LogP contribution is 2.29. The van der Waals surface area contributed by atoms with E-state index in [1.165, 1.54) is 49.8 Å². The maximum atomic E-state index is 14.0. The van der Waals surface area contributed by atoms with Crippen LogP contribution in [0.5, 0.6) is 5.75 Å². The van der Waals surface area contributed by atoms with Gasteiger partial charge in [-0.15, -0.1) is 0 Å². The lowest BCUT2D eigenvalue weighted by molar-refractivity contribution is 0.101. The predicted octanol–water partition coefficient (Wildman–Crippen LogP) is 4.42. The van der Waals surface area contributed by atoms with Crippen LogP contribution in [0.25, 0.3) is 11.0 Å². The summed E-state index contributed by atoms with van der Waals surface area (Å²) in [7, 11) is 1.42. The third kappa shape index (κ3) is 4.36. The van der Waals surface area contributed by atoms with E-state index in [2.05, 4.69) is 20.6 Å². The second-order valence-corrected chi connectivity index (χ2v) is 6.71. The molecule has 0 aliphatic carbocycles. The van der Waals surface area contributed by atoms with Crippen LogP contribution in [-0.2, 0) is 0 Å². The summed E-state index contributed by atoms with van der Waals surface area (Å²) in [6.45, 7) is 0. The predicted molar refractivity (Wildman–Crippen MR) is 115 cm³/mol. The number of hydrogen-bond acceptors (Lipinski definition) is 5. The molecule has 4 rings (SSSR count). The minimum atomic E-state index is -0.624. The molecule has 0 saturated heterocycles. The molecule has 1 heterocycles. The van der Waals surface area contributed by atoms with Gasteiger partial charge in [0.2, 0.25) is 0 Å². The van der Waals surface area contributed by atoms with Crippen LogP contribution in [0, 0.1) is 11.6 Å². The van der Waals surface area contributed by atoms with Gasteiger partial charge < -0.3 is 15.4 Å². The molecule has 7 nitrogen and oxygen atoms in total. The molecule has 0 atom stereocenters. The first-order chi connectivity index (χ1) is 15.4. The Morgan fingerprint density at radius 2 is 1.69 bits per heavy atom. The van der Waals surface area contributed by atoms with E-state index in [9.17, 15) is 18.4 Å². The van der Waals surface area contributed by atoms with Crippen molar-refractivity contribution in [2.45, 2.75) is 0 Å². The van der Waals surface area contributed by atoms with Crippen LogP contribution in [-0.4, -0.2) is 28.9 Å². The van der Waals surface area contributed by atoms with E-state index in [-0.39, 0.29) is 27.8 Å². The van der Waals surface area contributed by atoms with Gasteiger partial charge in [-0.25, -0.2) is 8.78 Å². The van der Waals surface area contributed by atoms with Crippen molar-refractivity contribution in [2.75, 3.05) is 17.7 Å². The Morgan fingerprint density at radius 1 is 0.875 bits per heavy atom. The van der Waals surface area contributed by atoms with E-state index in [0.29, 0.717) is 11.4 Å². The summed E-state index contributed by atoms with van der Waals surface area (Å²) in [6, 6.07) is 12.0. The van der Waals surface area contributed by atoms with Gasteiger partial charge in [-0.05, 0) is 42.5 Å². The molecule has 1 aromatic heterocycles. The lowest BCUT2D eigenvalue weighted by Gasteiger charge is -2.13. The Labute approximate surface area is 181 Å². The second-order valence-electron chi connectivity index (χ2n) is 6.71. The van der Waals surface area contributed by atoms with Crippen molar-refractivity contribution in [3.63, 3.8) is 0 Å². The Hall–Kier alpha value is -4.40. The number of halogens is 2. The van der Waals surface area contributed by atoms with E-state index >= 15 is 0 Å². The third-order valence-electron chi connectivity index (χ3n) is 4.58. The highest BCUT2D eigenvalue weighted by Gasteiger charge is 2.16. The van der Waals surface area contributed by atoms with Crippen molar-refractivity contribution in [1.82, 2.24) is 9.97 Å². The van der Waals surface area contributed by atoms with Crippen molar-refractivity contribution in [3.8, 4) is 5.75 Å². The molecule has 2 N–H and O–H groups in total. The van der Waals surface area contributed by atoms with Crippen LogP contribution in [0.2, 0.25) is 0 Å². The number of carbonyl (C=O) groups is 2. The van der Waals surface area contributed by atoms with Gasteiger partial charge in [0.25, 0.3) is 11.8 Å². The summed E-state index contributed by atoms with van der Waals surface area (Å²) in [5.41, 5.74) is 1.19. The van der Waals surface area contributed by atoms with Crippen molar-refractivity contribution < 1.29 is 23.1 Å². The van der Waals surface area contributed by atoms with E-state index in [1.54, 1.807) is 12.1 Å². The smallest absolute Gasteiger partial charge is 0.258 e. The lowest BCUT2D eigenvalue weighted by Crippen LogP contribution is -2.15. The quantitative estimate of drug-likeness (QED) is 0.485. The zero-order valence-electron chi connectivity index (χ0n) is 16.7. The number of nitrogens with one attached hydrogen (secondary N) is 2. The molecule has 0 saturated carbocycles. The lowest BCUT2D eigenvalue weighted by atomic mass is 10.1. The molecule has 9 heteroatoms. The molecule has 3 aromatic carbocycles. The van der Waals surface area contributed by atoms with Gasteiger partial charge in [-0.3, -0.25) is 19.6 Å². The zero-order valence-corrected chi connectivity index (χ0v) is 16.7. The van der Waals surface area contributed by atoms with E-state index < -0.39 is 23.4 Å². The number of methoxy groups -OCH3 is 1. The number of carbonyl (C=O) groups excluding carboxylic acids is 2. The normalized spacial score (nSPS) is 10.6. The number of fused-ring (bicyclic) bond motifs is 1. The summed E-state index contributed by atoms with van der Waals surface area (Å²) >= 11 is 0. The highest BCUT2D eigenvalue weighted by atomic mass is 19.1. The molecular formula is C23H16F2N4O3. The highest BCUT2D eigenvalue weighted by molar-refractivity contribution is 6.12. The van der Waals surface area contributed by atoms with Crippen LogP contribution in [0.4, 0.5) is 20.2 Å². The standard InChI is InChI=1S/C23H16F2N4O3/c1-32-20-6-5-16(12-18(20)29-22(30)13-3-2-4-14(24)9-13)28-23(31)17-10-15(25)11-19-21(17)27-8-7-26-19/h2-12H,1H3,(H,28,31)(H,29,30). The summed E-state index contributed by atoms with van der Waals surface area (Å²) < 4.78 is 32.6. The molecular weight excluding hydrogens is 418 g/mol. The van der Waals surface area contributed by atoms with Crippen molar-refractivity contribution in [3.05, 3.63) is 89.8 Å². The molecule has 0 bridgehead atoms. The van der Waals surface area contributed by atoms with Gasteiger partial charge in [0.1, 0.15) is 22.9 Å². The molecule has 0 radical (unpaired) electrons. The molecule has 4 aromatic rings. The Morgan fingerprint density at radius 3 is 2.47 bits per heavy atom. The number of anilines is 2. The Kier molecular flexibility index (Phi) is 5.71. The van der Waals surface area contributed by atoms with Gasteiger partial charge in [0.15, 0.2) is 0 Å². The molecule has 0 aliphatic heterocycles. The third-order valence-corrected chi connectivity index (χ3v) is 4.58. The number of aromatic nitrogens is 2. The summed E-state index contributed by atoms with van der Waals surface area (Å²) in [5.74, 6) is -2.01. The molecule has 0 spiro atoms. The first-order valence-corrected chi connectivity index (χ1v) is 9.41. The number of nitrogens with zero attached hydrogens (tertiary/aromatic N) is 2. The first-order valence-electron chi connectivity index (χ1n) is 9.41. The summed E-state index contributed by atoms with van der Waals surface area (Å²) in [5, 5.41) is 5.28. The topological polar surface area (TPSA) is 93.2 Å². The van der Waals surface area contributed by atoms with Crippen LogP contribution in [0.3, 0.4) is 0 Å². The van der Waals surface area contributed by atoms with E-state index in [4.69, 9.17) is 4.74 Å². The molecule has 0 aliphatic rings. The van der Waals surface area contributed by atoms with Crippen LogP contribution in [0.15, 0.2) is 67.0 Å². The Bertz CT molecular complexity index is 1340. The number of ether oxygens (including phenoxy) is 1. The molecule has 0 unspecified atom stereocenters. The number of rotatable bonds is 5. The monoisotopic (exact) mass is 434 g/mol. The minimum absolute atomic E-state index is 0.00858. The Balaban J connectivity index is 1.61.